The van der Waals surface area contributed by atoms with Gasteiger partial charge < -0.3 is 15.8 Å². The van der Waals surface area contributed by atoms with Gasteiger partial charge in [0.1, 0.15) is 5.75 Å². The Morgan fingerprint density at radius 2 is 1.86 bits per heavy atom. The second-order valence-corrected chi connectivity index (χ2v) is 5.49. The standard InChI is InChI=1S/C18H24N2O/c1-13(2)21-16-9-6-8-15(11-16)18(12-19)20-17-10-5-4-7-14(17)3/h4-11,13,18,20H,12,19H2,1-3H3. The summed E-state index contributed by atoms with van der Waals surface area (Å²) in [6.07, 6.45) is 0.168. The Kier molecular flexibility index (Phi) is 5.23. The number of rotatable bonds is 6. The van der Waals surface area contributed by atoms with Crippen molar-refractivity contribution in [3.63, 3.8) is 0 Å². The Morgan fingerprint density at radius 3 is 2.52 bits per heavy atom. The van der Waals surface area contributed by atoms with Gasteiger partial charge in [0.15, 0.2) is 0 Å². The molecular formula is C18H24N2O. The number of ether oxygens (including phenoxy) is 1. The molecular weight excluding hydrogens is 260 g/mol. The van der Waals surface area contributed by atoms with Crippen LogP contribution in [0, 0.1) is 6.92 Å². The van der Waals surface area contributed by atoms with Gasteiger partial charge in [-0.15, -0.1) is 0 Å². The number of hydrogen-bond acceptors (Lipinski definition) is 3. The topological polar surface area (TPSA) is 47.3 Å². The van der Waals surface area contributed by atoms with E-state index in [0.717, 1.165) is 17.0 Å². The van der Waals surface area contributed by atoms with Crippen LogP contribution in [0.2, 0.25) is 0 Å². The average molecular weight is 284 g/mol. The highest BCUT2D eigenvalue weighted by atomic mass is 16.5. The lowest BCUT2D eigenvalue weighted by Crippen LogP contribution is -2.21. The average Bonchev–Trinajstić information content (AvgIpc) is 2.46. The van der Waals surface area contributed by atoms with Gasteiger partial charge in [0.25, 0.3) is 0 Å². The molecule has 0 saturated heterocycles. The number of nitrogens with one attached hydrogen (secondary N) is 1. The molecule has 0 heterocycles. The van der Waals surface area contributed by atoms with Gasteiger partial charge in [0.2, 0.25) is 0 Å². The van der Waals surface area contributed by atoms with E-state index in [2.05, 4.69) is 36.5 Å². The van der Waals surface area contributed by atoms with Gasteiger partial charge in [-0.25, -0.2) is 0 Å². The van der Waals surface area contributed by atoms with Crippen LogP contribution in [0.15, 0.2) is 48.5 Å². The van der Waals surface area contributed by atoms with E-state index in [1.807, 2.05) is 38.1 Å². The maximum atomic E-state index is 5.95. The molecule has 3 N–H and O–H groups in total. The third kappa shape index (κ3) is 4.23. The number of nitrogens with two attached hydrogens (primary N) is 1. The Hall–Kier alpha value is -2.00. The molecule has 3 nitrogen and oxygen atoms in total. The Labute approximate surface area is 127 Å². The van der Waals surface area contributed by atoms with Crippen molar-refractivity contribution in [2.75, 3.05) is 11.9 Å². The number of para-hydroxylation sites is 1. The third-order valence-electron chi connectivity index (χ3n) is 3.34. The van der Waals surface area contributed by atoms with Crippen molar-refractivity contribution in [1.82, 2.24) is 0 Å². The number of aryl methyl sites for hydroxylation is 1. The molecule has 1 unspecified atom stereocenters. The summed E-state index contributed by atoms with van der Waals surface area (Å²) < 4.78 is 5.75. The lowest BCUT2D eigenvalue weighted by Gasteiger charge is -2.21. The molecule has 2 rings (SSSR count). The number of benzene rings is 2. The molecule has 0 radical (unpaired) electrons. The fraction of sp³-hybridized carbons (Fsp3) is 0.333. The van der Waals surface area contributed by atoms with E-state index < -0.39 is 0 Å². The summed E-state index contributed by atoms with van der Waals surface area (Å²) in [5.41, 5.74) is 9.42. The van der Waals surface area contributed by atoms with Crippen molar-refractivity contribution < 1.29 is 4.74 Å². The van der Waals surface area contributed by atoms with Crippen molar-refractivity contribution in [2.24, 2.45) is 5.73 Å². The number of anilines is 1. The fourth-order valence-electron chi connectivity index (χ4n) is 2.28. The zero-order valence-corrected chi connectivity index (χ0v) is 13.0. The quantitative estimate of drug-likeness (QED) is 0.846. The van der Waals surface area contributed by atoms with Crippen LogP contribution in [0.4, 0.5) is 5.69 Å². The minimum Gasteiger partial charge on any atom is -0.491 e. The van der Waals surface area contributed by atoms with Gasteiger partial charge in [0, 0.05) is 12.2 Å². The van der Waals surface area contributed by atoms with E-state index in [0.29, 0.717) is 6.54 Å². The predicted molar refractivity (Wildman–Crippen MR) is 88.8 cm³/mol. The molecule has 3 heteroatoms. The summed E-state index contributed by atoms with van der Waals surface area (Å²) in [5.74, 6) is 0.882. The van der Waals surface area contributed by atoms with Crippen LogP contribution in [0.25, 0.3) is 0 Å². The van der Waals surface area contributed by atoms with Gasteiger partial charge in [-0.2, -0.15) is 0 Å². The Morgan fingerprint density at radius 1 is 1.10 bits per heavy atom. The lowest BCUT2D eigenvalue weighted by molar-refractivity contribution is 0.242. The first-order chi connectivity index (χ1) is 10.1. The van der Waals surface area contributed by atoms with Crippen molar-refractivity contribution in [3.8, 4) is 5.75 Å². The summed E-state index contributed by atoms with van der Waals surface area (Å²) in [7, 11) is 0. The van der Waals surface area contributed by atoms with Gasteiger partial charge in [-0.05, 0) is 50.1 Å². The van der Waals surface area contributed by atoms with Crippen LogP contribution in [-0.2, 0) is 0 Å². The molecule has 0 saturated carbocycles. The van der Waals surface area contributed by atoms with Crippen LogP contribution in [0.1, 0.15) is 31.0 Å². The largest absolute Gasteiger partial charge is 0.491 e. The highest BCUT2D eigenvalue weighted by Crippen LogP contribution is 2.24. The monoisotopic (exact) mass is 284 g/mol. The molecule has 0 aliphatic carbocycles. The van der Waals surface area contributed by atoms with Crippen molar-refractivity contribution in [1.29, 1.82) is 0 Å². The van der Waals surface area contributed by atoms with Crippen molar-refractivity contribution in [3.05, 3.63) is 59.7 Å². The van der Waals surface area contributed by atoms with E-state index in [-0.39, 0.29) is 12.1 Å². The highest BCUT2D eigenvalue weighted by Gasteiger charge is 2.11. The summed E-state index contributed by atoms with van der Waals surface area (Å²) in [6.45, 7) is 6.67. The molecule has 0 aliphatic rings. The molecule has 112 valence electrons. The zero-order chi connectivity index (χ0) is 15.2. The molecule has 0 spiro atoms. The smallest absolute Gasteiger partial charge is 0.120 e. The minimum absolute atomic E-state index is 0.0711. The first kappa shape index (κ1) is 15.4. The molecule has 2 aromatic carbocycles. The van der Waals surface area contributed by atoms with Gasteiger partial charge in [0.05, 0.1) is 12.1 Å². The molecule has 1 atom stereocenters. The van der Waals surface area contributed by atoms with Gasteiger partial charge in [-0.3, -0.25) is 0 Å². The Bertz CT molecular complexity index is 581. The minimum atomic E-state index is 0.0711. The maximum Gasteiger partial charge on any atom is 0.120 e. The molecule has 0 aromatic heterocycles. The van der Waals surface area contributed by atoms with Gasteiger partial charge in [-0.1, -0.05) is 30.3 Å². The second kappa shape index (κ2) is 7.14. The summed E-state index contributed by atoms with van der Waals surface area (Å²) >= 11 is 0. The summed E-state index contributed by atoms with van der Waals surface area (Å²) in [6, 6.07) is 16.4. The zero-order valence-electron chi connectivity index (χ0n) is 13.0. The van der Waals surface area contributed by atoms with E-state index >= 15 is 0 Å². The van der Waals surface area contributed by atoms with Crippen LogP contribution in [0.3, 0.4) is 0 Å². The SMILES string of the molecule is Cc1ccccc1NC(CN)c1cccc(OC(C)C)c1. The molecule has 0 bridgehead atoms. The van der Waals surface area contributed by atoms with Crippen LogP contribution >= 0.6 is 0 Å². The Balaban J connectivity index is 2.19. The predicted octanol–water partition coefficient (Wildman–Crippen LogP) is 3.89. The molecule has 0 aliphatic heterocycles. The second-order valence-electron chi connectivity index (χ2n) is 5.49. The molecule has 21 heavy (non-hydrogen) atoms. The molecule has 0 amide bonds. The van der Waals surface area contributed by atoms with Crippen molar-refractivity contribution >= 4 is 5.69 Å². The summed E-state index contributed by atoms with van der Waals surface area (Å²) in [4.78, 5) is 0. The molecule has 0 fully saturated rings. The number of hydrogen-bond donors (Lipinski definition) is 2. The van der Waals surface area contributed by atoms with E-state index in [1.54, 1.807) is 0 Å². The van der Waals surface area contributed by atoms with Crippen LogP contribution in [0.5, 0.6) is 5.75 Å². The van der Waals surface area contributed by atoms with Crippen LogP contribution < -0.4 is 15.8 Å². The molecule has 2 aromatic rings. The first-order valence-corrected chi connectivity index (χ1v) is 7.39. The third-order valence-corrected chi connectivity index (χ3v) is 3.34. The highest BCUT2D eigenvalue weighted by molar-refractivity contribution is 5.52. The van der Waals surface area contributed by atoms with Gasteiger partial charge >= 0.3 is 0 Å². The fourth-order valence-corrected chi connectivity index (χ4v) is 2.28. The van der Waals surface area contributed by atoms with Crippen LogP contribution in [-0.4, -0.2) is 12.6 Å². The van der Waals surface area contributed by atoms with E-state index in [9.17, 15) is 0 Å². The van der Waals surface area contributed by atoms with E-state index in [4.69, 9.17) is 10.5 Å². The normalized spacial score (nSPS) is 12.2. The van der Waals surface area contributed by atoms with Crippen molar-refractivity contribution in [2.45, 2.75) is 32.9 Å². The lowest BCUT2D eigenvalue weighted by atomic mass is 10.1. The maximum absolute atomic E-state index is 5.95. The van der Waals surface area contributed by atoms with E-state index in [1.165, 1.54) is 5.56 Å². The summed E-state index contributed by atoms with van der Waals surface area (Å²) in [5, 5.41) is 3.51. The first-order valence-electron chi connectivity index (χ1n) is 7.39.